The van der Waals surface area contributed by atoms with Gasteiger partial charge in [0.25, 0.3) is 0 Å². The van der Waals surface area contributed by atoms with Crippen LogP contribution in [0.3, 0.4) is 0 Å². The van der Waals surface area contributed by atoms with Gasteiger partial charge in [-0.2, -0.15) is 5.26 Å². The third kappa shape index (κ3) is 7.26. The fourth-order valence-corrected chi connectivity index (χ4v) is 4.88. The maximum absolute atomic E-state index is 13.6. The zero-order valence-corrected chi connectivity index (χ0v) is 23.2. The van der Waals surface area contributed by atoms with Crippen LogP contribution in [-0.4, -0.2) is 15.6 Å². The number of carbonyl (C=O) groups is 1. The van der Waals surface area contributed by atoms with Gasteiger partial charge in [0.05, 0.1) is 0 Å². The van der Waals surface area contributed by atoms with Crippen LogP contribution in [0.15, 0.2) is 84.4 Å². The first-order chi connectivity index (χ1) is 19.8. The summed E-state index contributed by atoms with van der Waals surface area (Å²) in [6.07, 6.45) is 8.54. The predicted molar refractivity (Wildman–Crippen MR) is 160 cm³/mol. The number of nitriles is 1. The molecule has 0 fully saturated rings. The van der Waals surface area contributed by atoms with E-state index in [0.717, 1.165) is 71.2 Å². The molecular weight excluding hydrogens is 518 g/mol. The van der Waals surface area contributed by atoms with Gasteiger partial charge in [0.2, 0.25) is 0 Å². The lowest BCUT2D eigenvalue weighted by Crippen LogP contribution is -2.01. The normalized spacial score (nSPS) is 11.2. The summed E-state index contributed by atoms with van der Waals surface area (Å²) in [5, 5.41) is 18.8. The van der Waals surface area contributed by atoms with Crippen molar-refractivity contribution in [2.75, 3.05) is 0 Å². The molecule has 0 radical (unpaired) electrons. The molecule has 1 heterocycles. The molecule has 4 nitrogen and oxygen atoms in total. The highest BCUT2D eigenvalue weighted by atomic mass is 19.1. The smallest absolute Gasteiger partial charge is 0.346 e. The first kappa shape index (κ1) is 29.2. The number of aliphatic carboxylic acids is 1. The van der Waals surface area contributed by atoms with E-state index in [1.165, 1.54) is 30.3 Å². The second kappa shape index (κ2) is 13.5. The molecule has 0 aliphatic heterocycles. The molecule has 41 heavy (non-hydrogen) atoms. The van der Waals surface area contributed by atoms with Gasteiger partial charge in [0, 0.05) is 18.4 Å². The summed E-state index contributed by atoms with van der Waals surface area (Å²) in [6.45, 7) is 2.15. The molecule has 0 bridgehead atoms. The fourth-order valence-electron chi connectivity index (χ4n) is 4.88. The van der Waals surface area contributed by atoms with Gasteiger partial charge in [-0.05, 0) is 88.7 Å². The largest absolute Gasteiger partial charge is 0.477 e. The van der Waals surface area contributed by atoms with Crippen molar-refractivity contribution in [2.24, 2.45) is 7.05 Å². The zero-order valence-electron chi connectivity index (χ0n) is 23.2. The van der Waals surface area contributed by atoms with E-state index in [0.29, 0.717) is 5.69 Å². The van der Waals surface area contributed by atoms with E-state index >= 15 is 0 Å². The third-order valence-corrected chi connectivity index (χ3v) is 7.12. The number of halogens is 2. The van der Waals surface area contributed by atoms with Crippen LogP contribution in [-0.2, 0) is 18.3 Å². The Kier molecular flexibility index (Phi) is 9.65. The van der Waals surface area contributed by atoms with Crippen molar-refractivity contribution in [2.45, 2.75) is 39.0 Å². The van der Waals surface area contributed by atoms with Crippen LogP contribution in [0.5, 0.6) is 0 Å². The van der Waals surface area contributed by atoms with Crippen molar-refractivity contribution < 1.29 is 18.7 Å². The van der Waals surface area contributed by atoms with Crippen molar-refractivity contribution in [1.82, 2.24) is 4.57 Å². The Hall–Kier alpha value is -4.76. The number of carboxylic acid groups (broad SMARTS) is 1. The standard InChI is InChI=1S/C35H32F2N2O2/c1-3-4-5-6-7-28-21-33(39(2)34(28)22-29(23-38)35(40)41)27-10-8-24(9-11-27)20-32(25-12-16-30(36)17-13-25)26-14-18-31(37)19-15-26/h8-22H,3-7H2,1-2H3,(H,40,41)/b29-22-. The van der Waals surface area contributed by atoms with Crippen molar-refractivity contribution in [1.29, 1.82) is 5.26 Å². The van der Waals surface area contributed by atoms with E-state index < -0.39 is 5.97 Å². The topological polar surface area (TPSA) is 66.0 Å². The minimum atomic E-state index is -1.25. The Morgan fingerprint density at radius 1 is 0.878 bits per heavy atom. The van der Waals surface area contributed by atoms with Crippen LogP contribution >= 0.6 is 0 Å². The lowest BCUT2D eigenvalue weighted by Gasteiger charge is -2.10. The first-order valence-electron chi connectivity index (χ1n) is 13.7. The van der Waals surface area contributed by atoms with Crippen LogP contribution < -0.4 is 0 Å². The average molecular weight is 551 g/mol. The maximum atomic E-state index is 13.6. The number of rotatable bonds is 11. The van der Waals surface area contributed by atoms with Crippen molar-refractivity contribution in [3.05, 3.63) is 124 Å². The van der Waals surface area contributed by atoms with Crippen molar-refractivity contribution in [3.8, 4) is 17.3 Å². The summed E-state index contributed by atoms with van der Waals surface area (Å²) in [6, 6.07) is 24.2. The van der Waals surface area contributed by atoms with Gasteiger partial charge < -0.3 is 9.67 Å². The number of hydrogen-bond donors (Lipinski definition) is 1. The molecule has 0 saturated carbocycles. The molecule has 4 rings (SSSR count). The predicted octanol–water partition coefficient (Wildman–Crippen LogP) is 8.67. The lowest BCUT2D eigenvalue weighted by molar-refractivity contribution is -0.132. The molecule has 0 amide bonds. The summed E-state index contributed by atoms with van der Waals surface area (Å²) in [4.78, 5) is 11.6. The number of nitrogens with zero attached hydrogens (tertiary/aromatic N) is 2. The number of benzene rings is 3. The number of aromatic nitrogens is 1. The minimum Gasteiger partial charge on any atom is -0.477 e. The molecule has 0 atom stereocenters. The second-order valence-electron chi connectivity index (χ2n) is 9.98. The Labute approximate surface area is 239 Å². The fraction of sp³-hybridized carbons (Fsp3) is 0.200. The first-order valence-corrected chi connectivity index (χ1v) is 13.7. The van der Waals surface area contributed by atoms with Crippen LogP contribution in [0.1, 0.15) is 60.6 Å². The minimum absolute atomic E-state index is 0.304. The summed E-state index contributed by atoms with van der Waals surface area (Å²) < 4.78 is 29.2. The maximum Gasteiger partial charge on any atom is 0.346 e. The van der Waals surface area contributed by atoms with Gasteiger partial charge in [0.1, 0.15) is 23.3 Å². The summed E-state index contributed by atoms with van der Waals surface area (Å²) in [7, 11) is 1.88. The summed E-state index contributed by atoms with van der Waals surface area (Å²) in [5.74, 6) is -1.91. The Morgan fingerprint density at radius 2 is 1.46 bits per heavy atom. The van der Waals surface area contributed by atoms with E-state index in [9.17, 15) is 23.9 Å². The van der Waals surface area contributed by atoms with Gasteiger partial charge in [-0.15, -0.1) is 0 Å². The summed E-state index contributed by atoms with van der Waals surface area (Å²) >= 11 is 0. The molecule has 6 heteroatoms. The highest BCUT2D eigenvalue weighted by Gasteiger charge is 2.16. The van der Waals surface area contributed by atoms with Gasteiger partial charge in [-0.25, -0.2) is 13.6 Å². The van der Waals surface area contributed by atoms with Crippen LogP contribution in [0.25, 0.3) is 29.0 Å². The molecule has 0 saturated heterocycles. The molecule has 208 valence electrons. The molecule has 1 N–H and O–H groups in total. The van der Waals surface area contributed by atoms with Gasteiger partial charge in [0.15, 0.2) is 0 Å². The Balaban J connectivity index is 1.72. The molecule has 0 spiro atoms. The molecule has 0 aliphatic rings. The third-order valence-electron chi connectivity index (χ3n) is 7.12. The quantitative estimate of drug-likeness (QED) is 0.0879. The van der Waals surface area contributed by atoms with Gasteiger partial charge >= 0.3 is 5.97 Å². The van der Waals surface area contributed by atoms with E-state index in [1.807, 2.05) is 42.0 Å². The molecular formula is C35H32F2N2O2. The molecule has 0 aliphatic carbocycles. The van der Waals surface area contributed by atoms with Gasteiger partial charge in [-0.3, -0.25) is 0 Å². The lowest BCUT2D eigenvalue weighted by atomic mass is 9.95. The van der Waals surface area contributed by atoms with Crippen LogP contribution in [0, 0.1) is 23.0 Å². The van der Waals surface area contributed by atoms with Crippen LogP contribution in [0.2, 0.25) is 0 Å². The van der Waals surface area contributed by atoms with E-state index in [1.54, 1.807) is 30.3 Å². The van der Waals surface area contributed by atoms with E-state index in [-0.39, 0.29) is 17.2 Å². The number of unbranched alkanes of at least 4 members (excludes halogenated alkanes) is 3. The van der Waals surface area contributed by atoms with Crippen molar-refractivity contribution >= 4 is 23.7 Å². The summed E-state index contributed by atoms with van der Waals surface area (Å²) in [5.41, 5.74) is 6.62. The monoisotopic (exact) mass is 550 g/mol. The molecule has 3 aromatic carbocycles. The van der Waals surface area contributed by atoms with Crippen LogP contribution in [0.4, 0.5) is 8.78 Å². The molecule has 0 unspecified atom stereocenters. The van der Waals surface area contributed by atoms with E-state index in [2.05, 4.69) is 13.0 Å². The molecule has 4 aromatic rings. The average Bonchev–Trinajstić information content (AvgIpc) is 3.28. The molecule has 1 aromatic heterocycles. The Bertz CT molecular complexity index is 1560. The highest BCUT2D eigenvalue weighted by molar-refractivity contribution is 5.96. The Morgan fingerprint density at radius 3 is 1.98 bits per heavy atom. The van der Waals surface area contributed by atoms with Gasteiger partial charge in [-0.1, -0.05) is 74.7 Å². The zero-order chi connectivity index (χ0) is 29.4. The number of aryl methyl sites for hydroxylation is 1. The highest BCUT2D eigenvalue weighted by Crippen LogP contribution is 2.31. The number of carboxylic acids is 1. The number of hydrogen-bond acceptors (Lipinski definition) is 2. The second-order valence-corrected chi connectivity index (χ2v) is 9.98. The van der Waals surface area contributed by atoms with E-state index in [4.69, 9.17) is 0 Å². The SMILES string of the molecule is CCCCCCc1cc(-c2ccc(C=C(c3ccc(F)cc3)c3ccc(F)cc3)cc2)n(C)c1/C=C(/C#N)C(=O)O. The van der Waals surface area contributed by atoms with Crippen molar-refractivity contribution in [3.63, 3.8) is 0 Å².